The summed E-state index contributed by atoms with van der Waals surface area (Å²) in [6, 6.07) is 0. The average molecular weight is 149 g/mol. The molecule has 2 N–H and O–H groups in total. The summed E-state index contributed by atoms with van der Waals surface area (Å²) in [7, 11) is 0. The van der Waals surface area contributed by atoms with Crippen LogP contribution in [0, 0.1) is 0 Å². The summed E-state index contributed by atoms with van der Waals surface area (Å²) >= 11 is -2.50. The Morgan fingerprint density at radius 3 is 2.56 bits per heavy atom. The van der Waals surface area contributed by atoms with Crippen LogP contribution in [0.1, 0.15) is 0 Å². The van der Waals surface area contributed by atoms with Crippen LogP contribution in [0.5, 0.6) is 0 Å². The molecule has 0 heterocycles. The van der Waals surface area contributed by atoms with E-state index in [0.717, 1.165) is 12.3 Å². The lowest BCUT2D eigenvalue weighted by atomic mass is 10.7. The predicted octanol–water partition coefficient (Wildman–Crippen LogP) is -1.33. The number of aldehydes is 1. The first-order valence-corrected chi connectivity index (χ1v) is 2.97. The van der Waals surface area contributed by atoms with Gasteiger partial charge in [0.1, 0.15) is 6.29 Å². The molecule has 0 radical (unpaired) electrons. The van der Waals surface area contributed by atoms with E-state index in [9.17, 15) is 13.6 Å². The van der Waals surface area contributed by atoms with Gasteiger partial charge in [0.2, 0.25) is 0 Å². The maximum Gasteiger partial charge on any atom is 0.144 e. The predicted molar refractivity (Wildman–Crippen MR) is 30.2 cm³/mol. The summed E-state index contributed by atoms with van der Waals surface area (Å²) in [5.41, 5.74) is 0. The van der Waals surface area contributed by atoms with Crippen LogP contribution in [0.3, 0.4) is 0 Å². The van der Waals surface area contributed by atoms with Crippen LogP contribution in [0.15, 0.2) is 12.3 Å². The SMILES string of the molecule is NN(C=CC=O)S(=O)[O-]. The van der Waals surface area contributed by atoms with Crippen molar-refractivity contribution < 1.29 is 13.6 Å². The molecule has 9 heavy (non-hydrogen) atoms. The summed E-state index contributed by atoms with van der Waals surface area (Å²) in [6.45, 7) is 0. The van der Waals surface area contributed by atoms with E-state index in [1.807, 2.05) is 0 Å². The number of carbonyl (C=O) groups excluding carboxylic acids is 1. The molecule has 0 saturated heterocycles. The number of hydrazine groups is 1. The van der Waals surface area contributed by atoms with E-state index in [4.69, 9.17) is 5.84 Å². The molecule has 0 aromatic heterocycles. The largest absolute Gasteiger partial charge is 0.754 e. The standard InChI is InChI=1S/C3H6N2O3S/c4-5(9(7)8)2-1-3-6/h1-3H,4H2,(H,7,8)/p-1. The van der Waals surface area contributed by atoms with Crippen molar-refractivity contribution in [1.82, 2.24) is 4.41 Å². The van der Waals surface area contributed by atoms with Crippen LogP contribution in [-0.4, -0.2) is 19.5 Å². The Morgan fingerprint density at radius 1 is 1.67 bits per heavy atom. The first kappa shape index (κ1) is 8.28. The van der Waals surface area contributed by atoms with Crippen molar-refractivity contribution in [2.45, 2.75) is 0 Å². The van der Waals surface area contributed by atoms with Crippen LogP contribution in [0.25, 0.3) is 0 Å². The average Bonchev–Trinajstić information content (AvgIpc) is 1.82. The molecule has 0 saturated carbocycles. The number of allylic oxidation sites excluding steroid dienone is 1. The summed E-state index contributed by atoms with van der Waals surface area (Å²) < 4.78 is 20.1. The zero-order valence-corrected chi connectivity index (χ0v) is 5.21. The van der Waals surface area contributed by atoms with Crippen molar-refractivity contribution in [3.63, 3.8) is 0 Å². The second-order valence-corrected chi connectivity index (χ2v) is 1.91. The number of nitrogens with two attached hydrogens (primary N) is 1. The van der Waals surface area contributed by atoms with Gasteiger partial charge >= 0.3 is 0 Å². The van der Waals surface area contributed by atoms with Gasteiger partial charge in [-0.2, -0.15) is 0 Å². The minimum absolute atomic E-state index is 0.383. The summed E-state index contributed by atoms with van der Waals surface area (Å²) in [4.78, 5) is 9.56. The summed E-state index contributed by atoms with van der Waals surface area (Å²) in [5.74, 6) is 4.78. The summed E-state index contributed by atoms with van der Waals surface area (Å²) in [6.07, 6.45) is 2.32. The van der Waals surface area contributed by atoms with Crippen LogP contribution in [-0.2, 0) is 16.1 Å². The molecule has 0 fully saturated rings. The lowest BCUT2D eigenvalue weighted by Crippen LogP contribution is -2.26. The minimum Gasteiger partial charge on any atom is -0.754 e. The molecule has 0 aromatic rings. The molecular formula is C3H5N2O3S-. The third-order valence-electron chi connectivity index (χ3n) is 0.484. The van der Waals surface area contributed by atoms with E-state index in [0.29, 0.717) is 10.7 Å². The Labute approximate surface area is 54.5 Å². The number of hydrogen-bond acceptors (Lipinski definition) is 4. The quantitative estimate of drug-likeness (QED) is 0.177. The van der Waals surface area contributed by atoms with Gasteiger partial charge in [-0.3, -0.25) is 9.00 Å². The van der Waals surface area contributed by atoms with Crippen molar-refractivity contribution in [1.29, 1.82) is 0 Å². The Balaban J connectivity index is 3.75. The van der Waals surface area contributed by atoms with Gasteiger partial charge in [0, 0.05) is 6.20 Å². The second kappa shape index (κ2) is 4.19. The maximum absolute atomic E-state index is 9.84. The summed E-state index contributed by atoms with van der Waals surface area (Å²) in [5, 5.41) is 0. The molecule has 0 aliphatic carbocycles. The van der Waals surface area contributed by atoms with Gasteiger partial charge in [-0.05, 0) is 6.08 Å². The first-order valence-electron chi connectivity index (χ1n) is 1.93. The topological polar surface area (TPSA) is 86.5 Å². The highest BCUT2D eigenvalue weighted by Crippen LogP contribution is 1.80. The molecule has 0 aromatic carbocycles. The number of rotatable bonds is 3. The van der Waals surface area contributed by atoms with Crippen LogP contribution < -0.4 is 5.84 Å². The highest BCUT2D eigenvalue weighted by atomic mass is 32.2. The fourth-order valence-corrected chi connectivity index (χ4v) is 0.339. The lowest BCUT2D eigenvalue weighted by molar-refractivity contribution is -0.104. The fourth-order valence-electron chi connectivity index (χ4n) is 0.170. The second-order valence-electron chi connectivity index (χ2n) is 1.05. The van der Waals surface area contributed by atoms with Crippen molar-refractivity contribution in [2.75, 3.05) is 0 Å². The van der Waals surface area contributed by atoms with Gasteiger partial charge in [-0.15, -0.1) is 0 Å². The van der Waals surface area contributed by atoms with Gasteiger partial charge in [0.05, 0.1) is 11.3 Å². The molecule has 1 atom stereocenters. The molecule has 0 bridgehead atoms. The molecule has 5 nitrogen and oxygen atoms in total. The third-order valence-corrected chi connectivity index (χ3v) is 0.950. The van der Waals surface area contributed by atoms with Crippen molar-refractivity contribution >= 4 is 17.6 Å². The first-order chi connectivity index (χ1) is 4.18. The Morgan fingerprint density at radius 2 is 2.22 bits per heavy atom. The smallest absolute Gasteiger partial charge is 0.144 e. The maximum atomic E-state index is 9.84. The van der Waals surface area contributed by atoms with Crippen LogP contribution in [0.2, 0.25) is 0 Å². The molecule has 52 valence electrons. The zero-order valence-electron chi connectivity index (χ0n) is 4.39. The molecule has 6 heteroatoms. The van der Waals surface area contributed by atoms with Crippen LogP contribution >= 0.6 is 0 Å². The number of carbonyl (C=O) groups is 1. The Bertz CT molecular complexity index is 146. The highest BCUT2D eigenvalue weighted by Gasteiger charge is 1.84. The monoisotopic (exact) mass is 149 g/mol. The van der Waals surface area contributed by atoms with E-state index < -0.39 is 11.3 Å². The minimum atomic E-state index is -2.50. The van der Waals surface area contributed by atoms with E-state index in [1.54, 1.807) is 0 Å². The van der Waals surface area contributed by atoms with Crippen molar-refractivity contribution in [3.8, 4) is 0 Å². The molecule has 1 unspecified atom stereocenters. The van der Waals surface area contributed by atoms with E-state index in [1.165, 1.54) is 0 Å². The Kier molecular flexibility index (Phi) is 3.85. The molecular weight excluding hydrogens is 144 g/mol. The fraction of sp³-hybridized carbons (Fsp3) is 0. The molecule has 0 rings (SSSR count). The van der Waals surface area contributed by atoms with Crippen molar-refractivity contribution in [3.05, 3.63) is 12.3 Å². The zero-order chi connectivity index (χ0) is 7.28. The third kappa shape index (κ3) is 3.83. The Hall–Kier alpha value is -0.720. The molecule has 0 aliphatic heterocycles. The molecule has 0 spiro atoms. The van der Waals surface area contributed by atoms with Crippen LogP contribution in [0.4, 0.5) is 0 Å². The lowest BCUT2D eigenvalue weighted by Gasteiger charge is -2.13. The van der Waals surface area contributed by atoms with E-state index >= 15 is 0 Å². The van der Waals surface area contributed by atoms with Crippen molar-refractivity contribution in [2.24, 2.45) is 5.84 Å². The van der Waals surface area contributed by atoms with E-state index in [-0.39, 0.29) is 0 Å². The normalized spacial score (nSPS) is 13.6. The van der Waals surface area contributed by atoms with E-state index in [2.05, 4.69) is 0 Å². The number of nitrogens with zero attached hydrogens (tertiary/aromatic N) is 1. The van der Waals surface area contributed by atoms with Gasteiger partial charge in [0.15, 0.2) is 0 Å². The highest BCUT2D eigenvalue weighted by molar-refractivity contribution is 7.76. The van der Waals surface area contributed by atoms with Gasteiger partial charge < -0.3 is 4.55 Å². The van der Waals surface area contributed by atoms with Gasteiger partial charge in [0.25, 0.3) is 0 Å². The van der Waals surface area contributed by atoms with Gasteiger partial charge in [-0.1, -0.05) is 0 Å². The molecule has 0 aliphatic rings. The van der Waals surface area contributed by atoms with Gasteiger partial charge in [-0.25, -0.2) is 10.3 Å². The molecule has 0 amide bonds. The number of hydrogen-bond donors (Lipinski definition) is 1.